The molecule has 2 aromatic carbocycles. The van der Waals surface area contributed by atoms with Crippen LogP contribution < -0.4 is 15.6 Å². The predicted molar refractivity (Wildman–Crippen MR) is 140 cm³/mol. The molecule has 2 aliphatic heterocycles. The second-order valence-electron chi connectivity index (χ2n) is 8.79. The fourth-order valence-corrected chi connectivity index (χ4v) is 4.51. The van der Waals surface area contributed by atoms with E-state index >= 15 is 0 Å². The minimum Gasteiger partial charge on any atom is -0.494 e. The first-order valence-electron chi connectivity index (χ1n) is 12.2. The highest BCUT2D eigenvalue weighted by atomic mass is 79.9. The Kier molecular flexibility index (Phi) is 9.71. The summed E-state index contributed by atoms with van der Waals surface area (Å²) in [6.45, 7) is 5.38. The first-order valence-corrected chi connectivity index (χ1v) is 13.0. The number of benzene rings is 2. The number of hydrazine groups is 1. The molecule has 1 fully saturated rings. The largest absolute Gasteiger partial charge is 0.494 e. The number of halogens is 1. The maximum atomic E-state index is 13.5. The fourth-order valence-electron chi connectivity index (χ4n) is 4.08. The van der Waals surface area contributed by atoms with Gasteiger partial charge in [-0.15, -0.1) is 0 Å². The maximum absolute atomic E-state index is 13.5. The molecule has 2 heterocycles. The van der Waals surface area contributed by atoms with Crippen molar-refractivity contribution in [2.24, 2.45) is 4.99 Å². The lowest BCUT2D eigenvalue weighted by Gasteiger charge is -2.27. The molecule has 10 heteroatoms. The standard InChI is InChI=1S/C26H33BrN4O5/c27-23-5-2-1-4-21(23)18-26(25(33)30-28-10-11-31-12-16-34-17-13-31)19-36-24(29-26)20-6-8-22(9-7-20)35-15-3-14-32/h1-2,4-9,28,32H,3,10-19H2,(H,30,33)/t26-/m0/s1. The Bertz CT molecular complexity index is 1030. The van der Waals surface area contributed by atoms with Crippen molar-refractivity contribution in [2.75, 3.05) is 59.2 Å². The van der Waals surface area contributed by atoms with Gasteiger partial charge in [0.05, 0.1) is 19.8 Å². The van der Waals surface area contributed by atoms with Crippen molar-refractivity contribution in [1.29, 1.82) is 0 Å². The molecule has 1 amide bonds. The third kappa shape index (κ3) is 7.04. The Morgan fingerprint density at radius 1 is 1.17 bits per heavy atom. The molecule has 2 aromatic rings. The number of hydrogen-bond donors (Lipinski definition) is 3. The number of amides is 1. The summed E-state index contributed by atoms with van der Waals surface area (Å²) in [5, 5.41) is 8.92. The van der Waals surface area contributed by atoms with Crippen LogP contribution in [-0.4, -0.2) is 86.6 Å². The summed E-state index contributed by atoms with van der Waals surface area (Å²) in [5.41, 5.74) is 6.57. The van der Waals surface area contributed by atoms with Gasteiger partial charge >= 0.3 is 0 Å². The van der Waals surface area contributed by atoms with Crippen LogP contribution in [0.3, 0.4) is 0 Å². The average molecular weight is 561 g/mol. The number of carbonyl (C=O) groups is 1. The molecule has 1 saturated heterocycles. The Hall–Kier alpha value is -2.50. The fraction of sp³-hybridized carbons (Fsp3) is 0.462. The molecule has 9 nitrogen and oxygen atoms in total. The summed E-state index contributed by atoms with van der Waals surface area (Å²) in [7, 11) is 0. The van der Waals surface area contributed by atoms with Gasteiger partial charge in [0.2, 0.25) is 5.90 Å². The molecule has 194 valence electrons. The van der Waals surface area contributed by atoms with E-state index in [0.29, 0.717) is 37.6 Å². The van der Waals surface area contributed by atoms with Gasteiger partial charge < -0.3 is 19.3 Å². The molecular formula is C26H33BrN4O5. The number of carbonyl (C=O) groups excluding carboxylic acids is 1. The Morgan fingerprint density at radius 3 is 2.69 bits per heavy atom. The zero-order valence-corrected chi connectivity index (χ0v) is 21.8. The Balaban J connectivity index is 1.45. The molecule has 0 bridgehead atoms. The Morgan fingerprint density at radius 2 is 1.94 bits per heavy atom. The molecule has 0 unspecified atom stereocenters. The van der Waals surface area contributed by atoms with Crippen LogP contribution in [-0.2, 0) is 20.7 Å². The molecular weight excluding hydrogens is 528 g/mol. The smallest absolute Gasteiger partial charge is 0.266 e. The molecule has 1 atom stereocenters. The van der Waals surface area contributed by atoms with Crippen molar-refractivity contribution in [2.45, 2.75) is 18.4 Å². The van der Waals surface area contributed by atoms with E-state index in [1.54, 1.807) is 0 Å². The zero-order chi connectivity index (χ0) is 25.2. The second-order valence-corrected chi connectivity index (χ2v) is 9.64. The molecule has 36 heavy (non-hydrogen) atoms. The summed E-state index contributed by atoms with van der Waals surface area (Å²) in [6, 6.07) is 15.2. The topological polar surface area (TPSA) is 105 Å². The highest BCUT2D eigenvalue weighted by Crippen LogP contribution is 2.30. The third-order valence-corrected chi connectivity index (χ3v) is 6.93. The normalized spacial score (nSPS) is 20.0. The van der Waals surface area contributed by atoms with Crippen LogP contribution in [0.15, 0.2) is 58.0 Å². The summed E-state index contributed by atoms with van der Waals surface area (Å²) < 4.78 is 17.9. The van der Waals surface area contributed by atoms with Gasteiger partial charge in [-0.2, -0.15) is 0 Å². The molecule has 0 spiro atoms. The Labute approximate surface area is 219 Å². The van der Waals surface area contributed by atoms with Gasteiger partial charge in [-0.1, -0.05) is 34.1 Å². The van der Waals surface area contributed by atoms with Gasteiger partial charge in [-0.25, -0.2) is 10.4 Å². The van der Waals surface area contributed by atoms with E-state index in [4.69, 9.17) is 24.3 Å². The molecule has 0 aromatic heterocycles. The van der Waals surface area contributed by atoms with Crippen LogP contribution in [0.4, 0.5) is 0 Å². The van der Waals surface area contributed by atoms with Crippen molar-refractivity contribution in [3.8, 4) is 5.75 Å². The first-order chi connectivity index (χ1) is 17.6. The van der Waals surface area contributed by atoms with Crippen LogP contribution in [0.2, 0.25) is 0 Å². The van der Waals surface area contributed by atoms with Crippen molar-refractivity contribution in [3.63, 3.8) is 0 Å². The van der Waals surface area contributed by atoms with Crippen LogP contribution in [0.25, 0.3) is 0 Å². The van der Waals surface area contributed by atoms with Gasteiger partial charge in [0.25, 0.3) is 5.91 Å². The minimum absolute atomic E-state index is 0.0898. The van der Waals surface area contributed by atoms with E-state index < -0.39 is 5.54 Å². The van der Waals surface area contributed by atoms with E-state index in [-0.39, 0.29) is 19.1 Å². The number of ether oxygens (including phenoxy) is 3. The number of nitrogens with zero attached hydrogens (tertiary/aromatic N) is 2. The van der Waals surface area contributed by atoms with Crippen LogP contribution in [0.1, 0.15) is 17.5 Å². The lowest BCUT2D eigenvalue weighted by molar-refractivity contribution is -0.127. The van der Waals surface area contributed by atoms with E-state index in [2.05, 4.69) is 31.7 Å². The molecule has 4 rings (SSSR count). The number of hydrogen-bond acceptors (Lipinski definition) is 8. The SMILES string of the molecule is O=C(NNCCN1CCOCC1)[C@]1(Cc2ccccc2Br)COC(c2ccc(OCCCO)cc2)=N1. The quantitative estimate of drug-likeness (QED) is 0.269. The average Bonchev–Trinajstić information content (AvgIpc) is 3.34. The second kappa shape index (κ2) is 13.2. The number of morpholine rings is 1. The number of rotatable bonds is 12. The number of aliphatic hydroxyl groups is 1. The van der Waals surface area contributed by atoms with Crippen molar-refractivity contribution in [3.05, 3.63) is 64.1 Å². The minimum atomic E-state index is -1.11. The highest BCUT2D eigenvalue weighted by molar-refractivity contribution is 9.10. The van der Waals surface area contributed by atoms with Gasteiger partial charge in [0.15, 0.2) is 5.54 Å². The summed E-state index contributed by atoms with van der Waals surface area (Å²) in [6.07, 6.45) is 0.960. The van der Waals surface area contributed by atoms with Gasteiger partial charge in [0.1, 0.15) is 12.4 Å². The lowest BCUT2D eigenvalue weighted by atomic mass is 9.91. The van der Waals surface area contributed by atoms with Crippen molar-refractivity contribution < 1.29 is 24.1 Å². The van der Waals surface area contributed by atoms with E-state index in [0.717, 1.165) is 48.4 Å². The van der Waals surface area contributed by atoms with Crippen LogP contribution in [0.5, 0.6) is 5.75 Å². The van der Waals surface area contributed by atoms with Crippen LogP contribution in [0, 0.1) is 0 Å². The third-order valence-electron chi connectivity index (χ3n) is 6.16. The van der Waals surface area contributed by atoms with Gasteiger partial charge in [-0.05, 0) is 35.9 Å². The maximum Gasteiger partial charge on any atom is 0.266 e. The predicted octanol–water partition coefficient (Wildman–Crippen LogP) is 1.92. The van der Waals surface area contributed by atoms with Gasteiger partial charge in [-0.3, -0.25) is 15.1 Å². The van der Waals surface area contributed by atoms with Crippen LogP contribution >= 0.6 is 15.9 Å². The first kappa shape index (κ1) is 26.6. The highest BCUT2D eigenvalue weighted by Gasteiger charge is 2.45. The van der Waals surface area contributed by atoms with E-state index in [1.165, 1.54) is 0 Å². The number of aliphatic hydroxyl groups excluding tert-OH is 1. The monoisotopic (exact) mass is 560 g/mol. The summed E-state index contributed by atoms with van der Waals surface area (Å²) in [4.78, 5) is 20.6. The summed E-state index contributed by atoms with van der Waals surface area (Å²) >= 11 is 3.60. The molecule has 2 aliphatic rings. The van der Waals surface area contributed by atoms with E-state index in [9.17, 15) is 4.79 Å². The van der Waals surface area contributed by atoms with Gasteiger partial charge in [0, 0.05) is 55.7 Å². The lowest BCUT2D eigenvalue weighted by Crippen LogP contribution is -2.54. The molecule has 0 aliphatic carbocycles. The van der Waals surface area contributed by atoms with E-state index in [1.807, 2.05) is 48.5 Å². The molecule has 0 saturated carbocycles. The van der Waals surface area contributed by atoms with Crippen molar-refractivity contribution in [1.82, 2.24) is 15.8 Å². The molecule has 3 N–H and O–H groups in total. The number of nitrogens with one attached hydrogen (secondary N) is 2. The molecule has 0 radical (unpaired) electrons. The number of aliphatic imine (C=N–C) groups is 1. The van der Waals surface area contributed by atoms with Crippen molar-refractivity contribution >= 4 is 27.7 Å². The zero-order valence-electron chi connectivity index (χ0n) is 20.2. The summed E-state index contributed by atoms with van der Waals surface area (Å²) in [5.74, 6) is 0.888.